The summed E-state index contributed by atoms with van der Waals surface area (Å²) in [7, 11) is -2.71. The maximum absolute atomic E-state index is 12.8. The van der Waals surface area contributed by atoms with Gasteiger partial charge in [0.05, 0.1) is 18.4 Å². The van der Waals surface area contributed by atoms with E-state index >= 15 is 0 Å². The molecule has 4 nitrogen and oxygen atoms in total. The van der Waals surface area contributed by atoms with Crippen LogP contribution in [0.3, 0.4) is 0 Å². The van der Waals surface area contributed by atoms with E-state index in [0.29, 0.717) is 6.07 Å². The third-order valence-corrected chi connectivity index (χ3v) is 5.26. The van der Waals surface area contributed by atoms with E-state index in [9.17, 15) is 21.6 Å². The molecule has 0 unspecified atom stereocenters. The number of thiophene rings is 1. The fourth-order valence-electron chi connectivity index (χ4n) is 1.56. The summed E-state index contributed by atoms with van der Waals surface area (Å²) in [5.74, 6) is -0.0892. The minimum absolute atomic E-state index is 0.0129. The molecule has 0 saturated heterocycles. The lowest BCUT2D eigenvalue weighted by molar-refractivity contribution is -0.137. The Bertz CT molecular complexity index is 725. The first-order valence-electron chi connectivity index (χ1n) is 5.55. The number of methoxy groups -OCH3 is 1. The summed E-state index contributed by atoms with van der Waals surface area (Å²) in [4.78, 5) is 0. The van der Waals surface area contributed by atoms with Crippen molar-refractivity contribution in [1.29, 1.82) is 0 Å². The first-order valence-corrected chi connectivity index (χ1v) is 7.91. The third kappa shape index (κ3) is 3.67. The normalized spacial score (nSPS) is 12.2. The van der Waals surface area contributed by atoms with Gasteiger partial charge in [-0.05, 0) is 23.6 Å². The van der Waals surface area contributed by atoms with Crippen molar-refractivity contribution in [3.05, 3.63) is 41.3 Å². The summed E-state index contributed by atoms with van der Waals surface area (Å²) in [6, 6.07) is 5.58. The van der Waals surface area contributed by atoms with Gasteiger partial charge in [-0.3, -0.25) is 4.72 Å². The molecule has 0 amide bonds. The molecule has 21 heavy (non-hydrogen) atoms. The van der Waals surface area contributed by atoms with Crippen LogP contribution in [0.15, 0.2) is 39.9 Å². The molecule has 1 N–H and O–H groups in total. The van der Waals surface area contributed by atoms with Gasteiger partial charge in [-0.1, -0.05) is 6.07 Å². The molecule has 0 saturated carbocycles. The molecule has 114 valence electrons. The van der Waals surface area contributed by atoms with E-state index in [-0.39, 0.29) is 15.6 Å². The number of halogens is 3. The molecule has 0 fully saturated rings. The predicted octanol–water partition coefficient (Wildman–Crippen LogP) is 3.58. The maximum atomic E-state index is 12.8. The monoisotopic (exact) mass is 337 g/mol. The molecule has 0 aliphatic heterocycles. The minimum Gasteiger partial charge on any atom is -0.497 e. The highest BCUT2D eigenvalue weighted by molar-refractivity contribution is 7.94. The van der Waals surface area contributed by atoms with Crippen molar-refractivity contribution in [2.75, 3.05) is 11.8 Å². The van der Waals surface area contributed by atoms with Crippen molar-refractivity contribution in [3.63, 3.8) is 0 Å². The van der Waals surface area contributed by atoms with Gasteiger partial charge in [0.25, 0.3) is 10.0 Å². The molecule has 0 bridgehead atoms. The number of rotatable bonds is 4. The van der Waals surface area contributed by atoms with Crippen LogP contribution in [0.5, 0.6) is 5.75 Å². The molecular weight excluding hydrogens is 327 g/mol. The maximum Gasteiger partial charge on any atom is 0.416 e. The van der Waals surface area contributed by atoms with Crippen LogP contribution in [0, 0.1) is 0 Å². The van der Waals surface area contributed by atoms with Crippen LogP contribution in [0.25, 0.3) is 0 Å². The average Bonchev–Trinajstić information content (AvgIpc) is 2.91. The Labute approximate surface area is 123 Å². The fourth-order valence-corrected chi connectivity index (χ4v) is 3.59. The van der Waals surface area contributed by atoms with E-state index in [4.69, 9.17) is 4.74 Å². The highest BCUT2D eigenvalue weighted by Crippen LogP contribution is 2.34. The molecule has 0 atom stereocenters. The Morgan fingerprint density at radius 3 is 2.48 bits per heavy atom. The van der Waals surface area contributed by atoms with Crippen LogP contribution < -0.4 is 9.46 Å². The van der Waals surface area contributed by atoms with Crippen molar-refractivity contribution in [3.8, 4) is 5.75 Å². The van der Waals surface area contributed by atoms with Crippen molar-refractivity contribution in [1.82, 2.24) is 0 Å². The number of alkyl halides is 3. The van der Waals surface area contributed by atoms with Crippen LogP contribution in [0.1, 0.15) is 5.56 Å². The van der Waals surface area contributed by atoms with Gasteiger partial charge in [-0.2, -0.15) is 13.2 Å². The standard InChI is InChI=1S/C12H10F3NO3S2/c1-19-10-6-8(12(13,14)15)5-9(7-10)16-21(17,18)11-3-2-4-20-11/h2-7,16H,1H3. The van der Waals surface area contributed by atoms with E-state index in [2.05, 4.69) is 4.72 Å². The SMILES string of the molecule is COc1cc(NS(=O)(=O)c2cccs2)cc(C(F)(F)F)c1. The second kappa shape index (κ2) is 5.57. The average molecular weight is 337 g/mol. The summed E-state index contributed by atoms with van der Waals surface area (Å²) in [5.41, 5.74) is -1.21. The zero-order valence-corrected chi connectivity index (χ0v) is 12.3. The van der Waals surface area contributed by atoms with Gasteiger partial charge >= 0.3 is 6.18 Å². The molecule has 0 aliphatic carbocycles. The Balaban J connectivity index is 2.41. The molecule has 0 spiro atoms. The van der Waals surface area contributed by atoms with E-state index in [1.54, 1.807) is 5.38 Å². The zero-order chi connectivity index (χ0) is 15.7. The van der Waals surface area contributed by atoms with Gasteiger partial charge in [0.15, 0.2) is 0 Å². The number of sulfonamides is 1. The first-order chi connectivity index (χ1) is 9.72. The second-order valence-electron chi connectivity index (χ2n) is 3.99. The van der Waals surface area contributed by atoms with Crippen LogP contribution in [0.2, 0.25) is 0 Å². The summed E-state index contributed by atoms with van der Waals surface area (Å²) < 4.78 is 69.2. The van der Waals surface area contributed by atoms with Gasteiger partial charge in [0.1, 0.15) is 9.96 Å². The van der Waals surface area contributed by atoms with E-state index < -0.39 is 21.8 Å². The van der Waals surface area contributed by atoms with Crippen molar-refractivity contribution >= 4 is 27.0 Å². The summed E-state index contributed by atoms with van der Waals surface area (Å²) in [6.07, 6.45) is -4.60. The van der Waals surface area contributed by atoms with Crippen LogP contribution in [-0.4, -0.2) is 15.5 Å². The largest absolute Gasteiger partial charge is 0.497 e. The minimum atomic E-state index is -4.60. The Morgan fingerprint density at radius 1 is 1.24 bits per heavy atom. The molecule has 1 aromatic heterocycles. The first kappa shape index (κ1) is 15.6. The van der Waals surface area contributed by atoms with E-state index in [0.717, 1.165) is 17.4 Å². The molecule has 2 aromatic rings. The van der Waals surface area contributed by atoms with Crippen molar-refractivity contribution in [2.45, 2.75) is 10.4 Å². The van der Waals surface area contributed by atoms with Gasteiger partial charge in [0.2, 0.25) is 0 Å². The topological polar surface area (TPSA) is 55.4 Å². The third-order valence-electron chi connectivity index (χ3n) is 2.48. The Kier molecular flexibility index (Phi) is 4.15. The lowest BCUT2D eigenvalue weighted by Gasteiger charge is -2.12. The molecule has 1 aromatic carbocycles. The molecule has 0 aliphatic rings. The van der Waals surface area contributed by atoms with Crippen molar-refractivity contribution in [2.24, 2.45) is 0 Å². The number of anilines is 1. The smallest absolute Gasteiger partial charge is 0.416 e. The number of nitrogens with one attached hydrogen (secondary N) is 1. The predicted molar refractivity (Wildman–Crippen MR) is 73.1 cm³/mol. The quantitative estimate of drug-likeness (QED) is 0.928. The Hall–Kier alpha value is -1.74. The highest BCUT2D eigenvalue weighted by atomic mass is 32.2. The van der Waals surface area contributed by atoms with E-state index in [1.165, 1.54) is 25.3 Å². The summed E-state index contributed by atoms with van der Waals surface area (Å²) in [5, 5.41) is 1.56. The summed E-state index contributed by atoms with van der Waals surface area (Å²) >= 11 is 0.965. The number of hydrogen-bond acceptors (Lipinski definition) is 4. The lowest BCUT2D eigenvalue weighted by atomic mass is 10.2. The van der Waals surface area contributed by atoms with Crippen molar-refractivity contribution < 1.29 is 26.3 Å². The molecular formula is C12H10F3NO3S2. The van der Waals surface area contributed by atoms with Crippen LogP contribution in [-0.2, 0) is 16.2 Å². The van der Waals surface area contributed by atoms with E-state index in [1.807, 2.05) is 0 Å². The van der Waals surface area contributed by atoms with Crippen LogP contribution >= 0.6 is 11.3 Å². The summed E-state index contributed by atoms with van der Waals surface area (Å²) in [6.45, 7) is 0. The van der Waals surface area contributed by atoms with Gasteiger partial charge < -0.3 is 4.74 Å². The Morgan fingerprint density at radius 2 is 1.95 bits per heavy atom. The molecule has 2 rings (SSSR count). The highest BCUT2D eigenvalue weighted by Gasteiger charge is 2.32. The second-order valence-corrected chi connectivity index (χ2v) is 6.84. The molecule has 0 radical (unpaired) electrons. The molecule has 1 heterocycles. The lowest BCUT2D eigenvalue weighted by Crippen LogP contribution is -2.13. The van der Waals surface area contributed by atoms with Gasteiger partial charge in [-0.25, -0.2) is 8.42 Å². The number of ether oxygens (including phenoxy) is 1. The van der Waals surface area contributed by atoms with Crippen LogP contribution in [0.4, 0.5) is 18.9 Å². The molecule has 9 heteroatoms. The fraction of sp³-hybridized carbons (Fsp3) is 0.167. The number of benzene rings is 1. The van der Waals surface area contributed by atoms with Gasteiger partial charge in [-0.15, -0.1) is 11.3 Å². The van der Waals surface area contributed by atoms with Gasteiger partial charge in [0, 0.05) is 6.07 Å². The zero-order valence-electron chi connectivity index (χ0n) is 10.6. The number of hydrogen-bond donors (Lipinski definition) is 1.